The molecule has 3 aliphatic heterocycles. The van der Waals surface area contributed by atoms with Crippen molar-refractivity contribution < 1.29 is 23.9 Å². The smallest absolute Gasteiger partial charge is 0.335 e. The zero-order valence-corrected chi connectivity index (χ0v) is 28.3. The third-order valence-electron chi connectivity index (χ3n) is 9.21. The molecule has 0 bridgehead atoms. The van der Waals surface area contributed by atoms with Gasteiger partial charge in [0, 0.05) is 30.6 Å². The number of urea groups is 1. The molecule has 1 fully saturated rings. The molecule has 1 saturated heterocycles. The number of nitrogens with one attached hydrogen (secondary N) is 1. The second kappa shape index (κ2) is 12.9. The van der Waals surface area contributed by atoms with E-state index in [9.17, 15) is 14.4 Å². The van der Waals surface area contributed by atoms with Gasteiger partial charge in [-0.2, -0.15) is 0 Å². The number of hydrogen-bond donors (Lipinski definition) is 1. The molecule has 0 unspecified atom stereocenters. The molecule has 3 heterocycles. The minimum Gasteiger partial charge on any atom is -0.493 e. The van der Waals surface area contributed by atoms with Crippen LogP contribution in [0.15, 0.2) is 90.5 Å². The monoisotopic (exact) mass is 739 g/mol. The minimum atomic E-state index is -0.765. The first-order valence-electron chi connectivity index (χ1n) is 15.8. The molecule has 4 amide bonds. The van der Waals surface area contributed by atoms with Gasteiger partial charge in [0.25, 0.3) is 11.8 Å². The van der Waals surface area contributed by atoms with Crippen LogP contribution in [0.2, 0.25) is 0 Å². The first-order valence-corrected chi connectivity index (χ1v) is 16.9. The number of barbiturate groups is 1. The maximum absolute atomic E-state index is 14.2. The molecule has 47 heavy (non-hydrogen) atoms. The van der Waals surface area contributed by atoms with Crippen LogP contribution in [0, 0.1) is 3.57 Å². The van der Waals surface area contributed by atoms with Gasteiger partial charge in [-0.25, -0.2) is 9.69 Å². The summed E-state index contributed by atoms with van der Waals surface area (Å²) in [6.07, 6.45) is 3.33. The van der Waals surface area contributed by atoms with Crippen molar-refractivity contribution in [3.63, 3.8) is 0 Å². The van der Waals surface area contributed by atoms with Crippen molar-refractivity contribution in [3.8, 4) is 11.5 Å². The molecule has 0 saturated carbocycles. The first kappa shape index (κ1) is 31.0. The van der Waals surface area contributed by atoms with Crippen molar-refractivity contribution in [2.45, 2.75) is 31.6 Å². The van der Waals surface area contributed by atoms with Gasteiger partial charge in [0.15, 0.2) is 11.5 Å². The summed E-state index contributed by atoms with van der Waals surface area (Å²) >= 11 is 2.14. The average molecular weight is 740 g/mol. The Kier molecular flexibility index (Phi) is 8.48. The number of anilines is 2. The fraction of sp³-hybridized carbons (Fsp3) is 0.237. The largest absolute Gasteiger partial charge is 0.493 e. The van der Waals surface area contributed by atoms with Crippen LogP contribution in [0.4, 0.5) is 16.2 Å². The van der Waals surface area contributed by atoms with E-state index in [1.807, 2.05) is 61.5 Å². The Hall–Kier alpha value is -4.64. The van der Waals surface area contributed by atoms with Crippen LogP contribution in [0.1, 0.15) is 59.4 Å². The Morgan fingerprint density at radius 1 is 0.872 bits per heavy atom. The van der Waals surface area contributed by atoms with Crippen LogP contribution >= 0.6 is 22.6 Å². The number of carbonyl (C=O) groups excluding carboxylic acids is 3. The van der Waals surface area contributed by atoms with Crippen molar-refractivity contribution in [2.75, 3.05) is 36.6 Å². The van der Waals surface area contributed by atoms with E-state index in [1.165, 1.54) is 22.9 Å². The molecule has 7 rings (SSSR count). The van der Waals surface area contributed by atoms with Crippen LogP contribution in [-0.2, 0) is 9.59 Å². The molecule has 9 heteroatoms. The molecule has 2 atom stereocenters. The zero-order valence-electron chi connectivity index (χ0n) is 26.2. The lowest BCUT2D eigenvalue weighted by molar-refractivity contribution is -0.122. The molecule has 238 valence electrons. The van der Waals surface area contributed by atoms with Crippen LogP contribution < -0.4 is 24.6 Å². The molecular formula is C38H34IN3O5. The lowest BCUT2D eigenvalue weighted by Gasteiger charge is -2.44. The van der Waals surface area contributed by atoms with Gasteiger partial charge < -0.3 is 14.4 Å². The maximum atomic E-state index is 14.2. The summed E-state index contributed by atoms with van der Waals surface area (Å²) in [6.45, 7) is 4.20. The summed E-state index contributed by atoms with van der Waals surface area (Å²) in [5.41, 5.74) is 6.63. The molecule has 4 aromatic carbocycles. The van der Waals surface area contributed by atoms with Crippen molar-refractivity contribution in [3.05, 3.63) is 122 Å². The molecule has 0 aromatic heterocycles. The summed E-state index contributed by atoms with van der Waals surface area (Å²) in [4.78, 5) is 44.5. The number of benzene rings is 4. The number of ether oxygens (including phenoxy) is 2. The molecule has 4 aromatic rings. The molecule has 3 aliphatic rings. The number of rotatable bonds is 7. The lowest BCUT2D eigenvalue weighted by Crippen LogP contribution is -2.54. The number of amides is 4. The highest BCUT2D eigenvalue weighted by Gasteiger charge is 2.40. The Morgan fingerprint density at radius 2 is 1.47 bits per heavy atom. The summed E-state index contributed by atoms with van der Waals surface area (Å²) in [5, 5.41) is 2.42. The summed E-state index contributed by atoms with van der Waals surface area (Å²) in [5.74, 6) is -0.160. The molecule has 8 nitrogen and oxygen atoms in total. The highest BCUT2D eigenvalue weighted by molar-refractivity contribution is 14.1. The second-order valence-electron chi connectivity index (χ2n) is 11.9. The van der Waals surface area contributed by atoms with Gasteiger partial charge in [-0.15, -0.1) is 0 Å². The van der Waals surface area contributed by atoms with Gasteiger partial charge in [0.1, 0.15) is 5.57 Å². The van der Waals surface area contributed by atoms with Crippen molar-refractivity contribution in [1.29, 1.82) is 0 Å². The Morgan fingerprint density at radius 3 is 2.02 bits per heavy atom. The lowest BCUT2D eigenvalue weighted by atomic mass is 9.76. The maximum Gasteiger partial charge on any atom is 0.335 e. The highest BCUT2D eigenvalue weighted by Crippen LogP contribution is 2.50. The van der Waals surface area contributed by atoms with Crippen molar-refractivity contribution >= 4 is 57.9 Å². The van der Waals surface area contributed by atoms with Gasteiger partial charge in [-0.1, -0.05) is 60.7 Å². The van der Waals surface area contributed by atoms with E-state index in [4.69, 9.17) is 9.47 Å². The number of nitrogens with zero attached hydrogens (tertiary/aromatic N) is 2. The predicted octanol–water partition coefficient (Wildman–Crippen LogP) is 7.24. The molecule has 0 radical (unpaired) electrons. The second-order valence-corrected chi connectivity index (χ2v) is 13.1. The average Bonchev–Trinajstić information content (AvgIpc) is 3.08. The first-order chi connectivity index (χ1) is 22.9. The van der Waals surface area contributed by atoms with E-state index >= 15 is 0 Å². The number of methoxy groups -OCH3 is 1. The van der Waals surface area contributed by atoms with E-state index in [0.29, 0.717) is 29.4 Å². The molecular weight excluding hydrogens is 705 g/mol. The SMILES string of the molecule is CCOc1c(I)cc(/C=C2\C(=O)NC(=O)N(c3cc4c5c(c3)[C@H](c3ccccc3)CCN5CC[C@H]4c3ccccc3)C2=O)cc1OC. The quantitative estimate of drug-likeness (QED) is 0.122. The van der Waals surface area contributed by atoms with E-state index < -0.39 is 17.8 Å². The van der Waals surface area contributed by atoms with Gasteiger partial charge in [0.2, 0.25) is 0 Å². The molecule has 0 aliphatic carbocycles. The van der Waals surface area contributed by atoms with Gasteiger partial charge in [0.05, 0.1) is 23.0 Å². The summed E-state index contributed by atoms with van der Waals surface area (Å²) < 4.78 is 12.1. The van der Waals surface area contributed by atoms with Crippen LogP contribution in [0.3, 0.4) is 0 Å². The normalized spacial score (nSPS) is 19.8. The van der Waals surface area contributed by atoms with E-state index in [-0.39, 0.29) is 17.4 Å². The Labute approximate surface area is 287 Å². The van der Waals surface area contributed by atoms with E-state index in [0.717, 1.165) is 45.5 Å². The van der Waals surface area contributed by atoms with Crippen molar-refractivity contribution in [2.24, 2.45) is 0 Å². The number of carbonyl (C=O) groups is 3. The number of hydrogen-bond acceptors (Lipinski definition) is 6. The summed E-state index contributed by atoms with van der Waals surface area (Å²) in [6, 6.07) is 27.5. The summed E-state index contributed by atoms with van der Waals surface area (Å²) in [7, 11) is 1.54. The fourth-order valence-corrected chi connectivity index (χ4v) is 7.92. The van der Waals surface area contributed by atoms with Crippen LogP contribution in [0.25, 0.3) is 6.08 Å². The van der Waals surface area contributed by atoms with Crippen molar-refractivity contribution in [1.82, 2.24) is 5.32 Å². The van der Waals surface area contributed by atoms with Gasteiger partial charge >= 0.3 is 6.03 Å². The standard InChI is InChI=1S/C38H34IN3O5/c1-3-47-35-32(39)19-23(20-33(35)46-2)18-31-36(43)40-38(45)42(37(31)44)26-21-29-27(24-10-6-4-7-11-24)14-16-41-17-15-28(30(22-26)34(29)41)25-12-8-5-9-13-25/h4-13,18-22,27-28H,3,14-17H2,1-2H3,(H,40,43,45)/b31-18+/t27-,28-/m0/s1. The number of halogens is 1. The molecule has 0 spiro atoms. The van der Waals surface area contributed by atoms with Gasteiger partial charge in [-0.3, -0.25) is 14.9 Å². The number of imide groups is 2. The zero-order chi connectivity index (χ0) is 32.7. The van der Waals surface area contributed by atoms with E-state index in [1.54, 1.807) is 13.2 Å². The minimum absolute atomic E-state index is 0.0914. The van der Waals surface area contributed by atoms with Gasteiger partial charge in [-0.05, 0) is 101 Å². The fourth-order valence-electron chi connectivity index (χ4n) is 7.13. The molecule has 1 N–H and O–H groups in total. The van der Waals surface area contributed by atoms with Crippen LogP contribution in [0.5, 0.6) is 11.5 Å². The van der Waals surface area contributed by atoms with Crippen LogP contribution in [-0.4, -0.2) is 44.7 Å². The van der Waals surface area contributed by atoms with E-state index in [2.05, 4.69) is 57.1 Å². The third-order valence-corrected chi connectivity index (χ3v) is 10.0. The Bertz CT molecular complexity index is 1840. The Balaban J connectivity index is 1.36. The highest BCUT2D eigenvalue weighted by atomic mass is 127. The predicted molar refractivity (Wildman–Crippen MR) is 190 cm³/mol. The third kappa shape index (κ3) is 5.66. The topological polar surface area (TPSA) is 88.2 Å².